The highest BCUT2D eigenvalue weighted by molar-refractivity contribution is 6.30. The third-order valence-corrected chi connectivity index (χ3v) is 2.99. The Balaban J connectivity index is 1.92. The Bertz CT molecular complexity index is 560. The molecule has 2 rings (SSSR count). The van der Waals surface area contributed by atoms with Gasteiger partial charge in [-0.2, -0.15) is 0 Å². The summed E-state index contributed by atoms with van der Waals surface area (Å²) in [6.07, 6.45) is 0. The minimum atomic E-state index is -0.277. The molecule has 4 heteroatoms. The highest BCUT2D eigenvalue weighted by Gasteiger charge is 2.02. The molecule has 19 heavy (non-hydrogen) atoms. The van der Waals surface area contributed by atoms with Gasteiger partial charge in [0.2, 0.25) is 0 Å². The third-order valence-electron chi connectivity index (χ3n) is 2.76. The average molecular weight is 280 g/mol. The van der Waals surface area contributed by atoms with E-state index in [1.165, 1.54) is 6.07 Å². The van der Waals surface area contributed by atoms with Crippen LogP contribution >= 0.6 is 11.6 Å². The molecule has 0 aromatic heterocycles. The van der Waals surface area contributed by atoms with Crippen molar-refractivity contribution >= 4 is 11.6 Å². The number of rotatable bonds is 5. The Kier molecular flexibility index (Phi) is 4.91. The van der Waals surface area contributed by atoms with Gasteiger partial charge in [-0.05, 0) is 35.4 Å². The summed E-state index contributed by atoms with van der Waals surface area (Å²) in [6.45, 7) is 1.07. The smallest absolute Gasteiger partial charge is 0.127 e. The second-order valence-electron chi connectivity index (χ2n) is 4.25. The standard InChI is InChI=1S/C15H15ClFNO/c16-14-3-1-2-11(7-14)9-19-10-12-4-5-15(17)13(6-12)8-18/h1-7H,8-10,18H2. The molecule has 0 bridgehead atoms. The Morgan fingerprint density at radius 1 is 1.05 bits per heavy atom. The molecule has 0 unspecified atom stereocenters. The molecule has 0 atom stereocenters. The quantitative estimate of drug-likeness (QED) is 0.907. The summed E-state index contributed by atoms with van der Waals surface area (Å²) in [7, 11) is 0. The summed E-state index contributed by atoms with van der Waals surface area (Å²) in [5, 5.41) is 0.688. The molecule has 0 heterocycles. The van der Waals surface area contributed by atoms with Crippen molar-refractivity contribution < 1.29 is 9.13 Å². The lowest BCUT2D eigenvalue weighted by atomic mass is 10.1. The first kappa shape index (κ1) is 14.0. The van der Waals surface area contributed by atoms with E-state index < -0.39 is 0 Å². The van der Waals surface area contributed by atoms with E-state index >= 15 is 0 Å². The minimum Gasteiger partial charge on any atom is -0.372 e. The average Bonchev–Trinajstić information content (AvgIpc) is 2.41. The van der Waals surface area contributed by atoms with E-state index in [4.69, 9.17) is 22.1 Å². The highest BCUT2D eigenvalue weighted by atomic mass is 35.5. The molecule has 2 nitrogen and oxygen atoms in total. The van der Waals surface area contributed by atoms with Crippen molar-refractivity contribution in [1.29, 1.82) is 0 Å². The van der Waals surface area contributed by atoms with Crippen molar-refractivity contribution in [2.75, 3.05) is 0 Å². The van der Waals surface area contributed by atoms with E-state index in [1.807, 2.05) is 24.3 Å². The summed E-state index contributed by atoms with van der Waals surface area (Å²) in [5.41, 5.74) is 7.88. The fourth-order valence-corrected chi connectivity index (χ4v) is 2.00. The molecule has 2 N–H and O–H groups in total. The van der Waals surface area contributed by atoms with Gasteiger partial charge in [0.1, 0.15) is 5.82 Å². The zero-order chi connectivity index (χ0) is 13.7. The van der Waals surface area contributed by atoms with Crippen LogP contribution in [0.15, 0.2) is 42.5 Å². The molecule has 0 amide bonds. The molecule has 0 radical (unpaired) electrons. The van der Waals surface area contributed by atoms with Gasteiger partial charge < -0.3 is 10.5 Å². The lowest BCUT2D eigenvalue weighted by Crippen LogP contribution is -2.02. The summed E-state index contributed by atoms with van der Waals surface area (Å²) < 4.78 is 18.8. The Morgan fingerprint density at radius 3 is 2.47 bits per heavy atom. The van der Waals surface area contributed by atoms with Gasteiger partial charge in [-0.3, -0.25) is 0 Å². The first-order valence-electron chi connectivity index (χ1n) is 5.98. The molecule has 0 aliphatic heterocycles. The number of halogens is 2. The molecular weight excluding hydrogens is 265 g/mol. The number of nitrogens with two attached hydrogens (primary N) is 1. The first-order valence-corrected chi connectivity index (χ1v) is 6.36. The monoisotopic (exact) mass is 279 g/mol. The molecule has 0 saturated heterocycles. The Hall–Kier alpha value is -1.42. The molecule has 2 aromatic rings. The number of hydrogen-bond donors (Lipinski definition) is 1. The van der Waals surface area contributed by atoms with Gasteiger partial charge >= 0.3 is 0 Å². The maximum Gasteiger partial charge on any atom is 0.127 e. The predicted molar refractivity (Wildman–Crippen MR) is 74.2 cm³/mol. The van der Waals surface area contributed by atoms with Crippen molar-refractivity contribution in [3.8, 4) is 0 Å². The van der Waals surface area contributed by atoms with E-state index in [-0.39, 0.29) is 12.4 Å². The van der Waals surface area contributed by atoms with Crippen LogP contribution < -0.4 is 5.73 Å². The first-order chi connectivity index (χ1) is 9.19. The van der Waals surface area contributed by atoms with Gasteiger partial charge in [-0.25, -0.2) is 4.39 Å². The molecule has 2 aromatic carbocycles. The summed E-state index contributed by atoms with van der Waals surface area (Å²) in [6, 6.07) is 12.4. The van der Waals surface area contributed by atoms with Crippen LogP contribution in [0.25, 0.3) is 0 Å². The maximum atomic E-state index is 13.3. The second kappa shape index (κ2) is 6.66. The largest absolute Gasteiger partial charge is 0.372 e. The summed E-state index contributed by atoms with van der Waals surface area (Å²) in [4.78, 5) is 0. The van der Waals surface area contributed by atoms with Crippen molar-refractivity contribution in [3.05, 3.63) is 70.0 Å². The molecule has 0 aliphatic carbocycles. The number of ether oxygens (including phenoxy) is 1. The zero-order valence-electron chi connectivity index (χ0n) is 10.4. The van der Waals surface area contributed by atoms with E-state index in [0.717, 1.165) is 11.1 Å². The molecule has 0 fully saturated rings. The SMILES string of the molecule is NCc1cc(COCc2cccc(Cl)c2)ccc1F. The molecule has 0 saturated carbocycles. The molecule has 0 aliphatic rings. The molecule has 100 valence electrons. The van der Waals surface area contributed by atoms with Gasteiger partial charge in [0.05, 0.1) is 13.2 Å². The Morgan fingerprint density at radius 2 is 1.79 bits per heavy atom. The van der Waals surface area contributed by atoms with Crippen molar-refractivity contribution in [3.63, 3.8) is 0 Å². The van der Waals surface area contributed by atoms with Crippen molar-refractivity contribution in [2.45, 2.75) is 19.8 Å². The highest BCUT2D eigenvalue weighted by Crippen LogP contribution is 2.14. The summed E-state index contributed by atoms with van der Waals surface area (Å²) in [5.74, 6) is -0.277. The van der Waals surface area contributed by atoms with Gasteiger partial charge in [0.25, 0.3) is 0 Å². The van der Waals surface area contributed by atoms with E-state index in [2.05, 4.69) is 0 Å². The van der Waals surface area contributed by atoms with Gasteiger partial charge in [0.15, 0.2) is 0 Å². The van der Waals surface area contributed by atoms with Gasteiger partial charge in [-0.1, -0.05) is 29.8 Å². The van der Waals surface area contributed by atoms with Crippen molar-refractivity contribution in [1.82, 2.24) is 0 Å². The number of hydrogen-bond acceptors (Lipinski definition) is 2. The molecule has 0 spiro atoms. The number of benzene rings is 2. The van der Waals surface area contributed by atoms with Gasteiger partial charge in [0, 0.05) is 17.1 Å². The van der Waals surface area contributed by atoms with Gasteiger partial charge in [-0.15, -0.1) is 0 Å². The maximum absolute atomic E-state index is 13.3. The fraction of sp³-hybridized carbons (Fsp3) is 0.200. The van der Waals surface area contributed by atoms with Crippen LogP contribution in [0.2, 0.25) is 5.02 Å². The van der Waals surface area contributed by atoms with Crippen LogP contribution in [0.4, 0.5) is 4.39 Å². The van der Waals surface area contributed by atoms with Crippen molar-refractivity contribution in [2.24, 2.45) is 5.73 Å². The van der Waals surface area contributed by atoms with Crippen LogP contribution in [0.3, 0.4) is 0 Å². The van der Waals surface area contributed by atoms with E-state index in [1.54, 1.807) is 12.1 Å². The molecular formula is C15H15ClFNO. The normalized spacial score (nSPS) is 10.7. The Labute approximate surface area is 117 Å². The van der Waals surface area contributed by atoms with Crippen LogP contribution in [-0.4, -0.2) is 0 Å². The zero-order valence-corrected chi connectivity index (χ0v) is 11.2. The predicted octanol–water partition coefficient (Wildman–Crippen LogP) is 3.65. The second-order valence-corrected chi connectivity index (χ2v) is 4.69. The lowest BCUT2D eigenvalue weighted by molar-refractivity contribution is 0.107. The van der Waals surface area contributed by atoms with Crippen LogP contribution in [0.5, 0.6) is 0 Å². The van der Waals surface area contributed by atoms with Crippen LogP contribution in [-0.2, 0) is 24.5 Å². The minimum absolute atomic E-state index is 0.188. The fourth-order valence-electron chi connectivity index (χ4n) is 1.79. The lowest BCUT2D eigenvalue weighted by Gasteiger charge is -2.07. The van der Waals surface area contributed by atoms with E-state index in [0.29, 0.717) is 23.8 Å². The summed E-state index contributed by atoms with van der Waals surface area (Å²) >= 11 is 5.89. The van der Waals surface area contributed by atoms with Crippen LogP contribution in [0, 0.1) is 5.82 Å². The van der Waals surface area contributed by atoms with E-state index in [9.17, 15) is 4.39 Å². The topological polar surface area (TPSA) is 35.2 Å². The van der Waals surface area contributed by atoms with Crippen LogP contribution in [0.1, 0.15) is 16.7 Å². The third kappa shape index (κ3) is 4.03.